The average Bonchev–Trinajstić information content (AvgIpc) is 3.02. The Labute approximate surface area is 240 Å². The van der Waals surface area contributed by atoms with Crippen molar-refractivity contribution >= 4 is 21.5 Å². The van der Waals surface area contributed by atoms with Crippen molar-refractivity contribution in [2.75, 3.05) is 0 Å². The predicted molar refractivity (Wildman–Crippen MR) is 163 cm³/mol. The molecule has 42 heavy (non-hydrogen) atoms. The first-order valence-electron chi connectivity index (χ1n) is 13.5. The summed E-state index contributed by atoms with van der Waals surface area (Å²) in [5, 5.41) is 2.31. The van der Waals surface area contributed by atoms with E-state index in [4.69, 9.17) is 0 Å². The van der Waals surface area contributed by atoms with Crippen molar-refractivity contribution in [2.45, 2.75) is 0 Å². The summed E-state index contributed by atoms with van der Waals surface area (Å²) in [6.07, 6.45) is 0. The molecule has 0 aliphatic rings. The lowest BCUT2D eigenvalue weighted by Crippen LogP contribution is -1.94. The van der Waals surface area contributed by atoms with Gasteiger partial charge in [0.05, 0.1) is 0 Å². The standard InChI is InChI=1S/C38H22F4/c39-35-19-25-15-31(23-9-3-1-4-10-23)33(17-27(25)21-37(35)41)29-13-7-8-14-30(29)34-18-28-22-38(42)36(40)20-26(28)16-32(34)24-11-5-2-6-12-24/h1-22H. The van der Waals surface area contributed by atoms with Gasteiger partial charge in [0.2, 0.25) is 0 Å². The Kier molecular flexibility index (Phi) is 6.32. The lowest BCUT2D eigenvalue weighted by Gasteiger charge is -2.19. The first kappa shape index (κ1) is 25.7. The fraction of sp³-hybridized carbons (Fsp3) is 0. The molecule has 7 rings (SSSR count). The van der Waals surface area contributed by atoms with Crippen molar-refractivity contribution in [1.82, 2.24) is 0 Å². The number of hydrogen-bond acceptors (Lipinski definition) is 0. The van der Waals surface area contributed by atoms with Gasteiger partial charge in [-0.2, -0.15) is 0 Å². The molecule has 0 atom stereocenters. The van der Waals surface area contributed by atoms with Gasteiger partial charge in [0.25, 0.3) is 0 Å². The Bertz CT molecular complexity index is 1960. The van der Waals surface area contributed by atoms with Gasteiger partial charge >= 0.3 is 0 Å². The number of benzene rings is 7. The lowest BCUT2D eigenvalue weighted by molar-refractivity contribution is 0.511. The third kappa shape index (κ3) is 4.51. The molecular weight excluding hydrogens is 532 g/mol. The van der Waals surface area contributed by atoms with Crippen LogP contribution in [-0.2, 0) is 0 Å². The van der Waals surface area contributed by atoms with Gasteiger partial charge in [0, 0.05) is 0 Å². The van der Waals surface area contributed by atoms with Crippen LogP contribution in [0.2, 0.25) is 0 Å². The molecule has 7 aromatic carbocycles. The van der Waals surface area contributed by atoms with Crippen molar-refractivity contribution in [3.8, 4) is 44.5 Å². The first-order chi connectivity index (χ1) is 20.5. The number of halogens is 4. The Balaban J connectivity index is 1.56. The van der Waals surface area contributed by atoms with Gasteiger partial charge in [-0.25, -0.2) is 17.6 Å². The fourth-order valence-electron chi connectivity index (χ4n) is 5.70. The van der Waals surface area contributed by atoms with E-state index >= 15 is 0 Å². The zero-order valence-corrected chi connectivity index (χ0v) is 22.2. The summed E-state index contributed by atoms with van der Waals surface area (Å²) in [7, 11) is 0. The molecular formula is C38H22F4. The third-order valence-corrected chi connectivity index (χ3v) is 7.71. The van der Waals surface area contributed by atoms with E-state index in [1.165, 1.54) is 24.3 Å². The zero-order valence-electron chi connectivity index (χ0n) is 22.2. The molecule has 0 spiro atoms. The quantitative estimate of drug-likeness (QED) is 0.190. The van der Waals surface area contributed by atoms with Crippen molar-refractivity contribution in [3.05, 3.63) is 157 Å². The Hall–Kier alpha value is -5.22. The SMILES string of the molecule is Fc1cc2cc(-c3ccccc3)c(-c3ccccc3-c3cc4cc(F)c(F)cc4cc3-c3ccccc3)cc2cc1F. The topological polar surface area (TPSA) is 0 Å². The molecule has 0 nitrogen and oxygen atoms in total. The smallest absolute Gasteiger partial charge is 0.159 e. The maximum atomic E-state index is 14.4. The highest BCUT2D eigenvalue weighted by atomic mass is 19.2. The maximum absolute atomic E-state index is 14.4. The summed E-state index contributed by atoms with van der Waals surface area (Å²) in [5.74, 6) is -3.63. The molecule has 0 bridgehead atoms. The van der Waals surface area contributed by atoms with Gasteiger partial charge in [-0.15, -0.1) is 0 Å². The van der Waals surface area contributed by atoms with Crippen molar-refractivity contribution in [1.29, 1.82) is 0 Å². The highest BCUT2D eigenvalue weighted by Gasteiger charge is 2.19. The number of hydrogen-bond donors (Lipinski definition) is 0. The van der Waals surface area contributed by atoms with Crippen LogP contribution in [0, 0.1) is 23.3 Å². The zero-order chi connectivity index (χ0) is 28.8. The van der Waals surface area contributed by atoms with Gasteiger partial charge in [-0.05, 0) is 115 Å². The summed E-state index contributed by atoms with van der Waals surface area (Å²) in [6, 6.07) is 39.8. The molecule has 202 valence electrons. The summed E-state index contributed by atoms with van der Waals surface area (Å²) in [5.41, 5.74) is 6.96. The summed E-state index contributed by atoms with van der Waals surface area (Å²) < 4.78 is 57.2. The molecule has 0 heterocycles. The van der Waals surface area contributed by atoms with E-state index in [9.17, 15) is 17.6 Å². The average molecular weight is 555 g/mol. The van der Waals surface area contributed by atoms with Gasteiger partial charge in [0.1, 0.15) is 0 Å². The van der Waals surface area contributed by atoms with Gasteiger partial charge in [-0.3, -0.25) is 0 Å². The molecule has 0 aliphatic heterocycles. The monoisotopic (exact) mass is 554 g/mol. The summed E-state index contributed by atoms with van der Waals surface area (Å²) in [4.78, 5) is 0. The maximum Gasteiger partial charge on any atom is 0.159 e. The molecule has 0 amide bonds. The van der Waals surface area contributed by atoms with Crippen molar-refractivity contribution in [3.63, 3.8) is 0 Å². The molecule has 0 aromatic heterocycles. The van der Waals surface area contributed by atoms with Crippen LogP contribution in [0.1, 0.15) is 0 Å². The summed E-state index contributed by atoms with van der Waals surface area (Å²) in [6.45, 7) is 0. The molecule has 0 saturated carbocycles. The second kappa shape index (κ2) is 10.3. The molecule has 0 aliphatic carbocycles. The third-order valence-electron chi connectivity index (χ3n) is 7.71. The lowest BCUT2D eigenvalue weighted by atomic mass is 9.84. The number of fused-ring (bicyclic) bond motifs is 2. The normalized spacial score (nSPS) is 11.3. The van der Waals surface area contributed by atoms with Crippen molar-refractivity contribution < 1.29 is 17.6 Å². The fourth-order valence-corrected chi connectivity index (χ4v) is 5.70. The van der Waals surface area contributed by atoms with E-state index in [2.05, 4.69) is 0 Å². The molecule has 0 radical (unpaired) electrons. The second-order valence-electron chi connectivity index (χ2n) is 10.3. The van der Waals surface area contributed by atoms with Gasteiger partial charge in [-0.1, -0.05) is 84.9 Å². The van der Waals surface area contributed by atoms with Crippen LogP contribution in [0.5, 0.6) is 0 Å². The molecule has 4 heteroatoms. The van der Waals surface area contributed by atoms with E-state index < -0.39 is 23.3 Å². The van der Waals surface area contributed by atoms with Gasteiger partial charge < -0.3 is 0 Å². The van der Waals surface area contributed by atoms with Crippen LogP contribution >= 0.6 is 0 Å². The van der Waals surface area contributed by atoms with Crippen LogP contribution in [-0.4, -0.2) is 0 Å². The number of rotatable bonds is 4. The highest BCUT2D eigenvalue weighted by molar-refractivity contribution is 6.03. The van der Waals surface area contributed by atoms with Crippen LogP contribution < -0.4 is 0 Å². The van der Waals surface area contributed by atoms with Crippen molar-refractivity contribution in [2.24, 2.45) is 0 Å². The van der Waals surface area contributed by atoms with Gasteiger partial charge in [0.15, 0.2) is 23.3 Å². The van der Waals surface area contributed by atoms with E-state index in [1.54, 1.807) is 0 Å². The molecule has 0 saturated heterocycles. The van der Waals surface area contributed by atoms with Crippen LogP contribution in [0.4, 0.5) is 17.6 Å². The largest absolute Gasteiger partial charge is 0.204 e. The second-order valence-corrected chi connectivity index (χ2v) is 10.3. The summed E-state index contributed by atoms with van der Waals surface area (Å²) >= 11 is 0. The first-order valence-corrected chi connectivity index (χ1v) is 13.5. The molecule has 0 N–H and O–H groups in total. The van der Waals surface area contributed by atoms with Crippen LogP contribution in [0.3, 0.4) is 0 Å². The van der Waals surface area contributed by atoms with Crippen LogP contribution in [0.25, 0.3) is 66.1 Å². The molecule has 0 fully saturated rings. The Morgan fingerprint density at radius 2 is 0.548 bits per heavy atom. The minimum atomic E-state index is -0.913. The predicted octanol–water partition coefficient (Wildman–Crippen LogP) is 11.2. The van der Waals surface area contributed by atoms with E-state index in [1.807, 2.05) is 109 Å². The van der Waals surface area contributed by atoms with E-state index in [0.717, 1.165) is 44.5 Å². The minimum Gasteiger partial charge on any atom is -0.204 e. The molecule has 0 unspecified atom stereocenters. The molecule has 7 aromatic rings. The van der Waals surface area contributed by atoms with Crippen LogP contribution in [0.15, 0.2) is 133 Å². The van der Waals surface area contributed by atoms with E-state index in [0.29, 0.717) is 21.5 Å². The Morgan fingerprint density at radius 3 is 0.881 bits per heavy atom. The Morgan fingerprint density at radius 1 is 0.262 bits per heavy atom. The minimum absolute atomic E-state index is 0.567. The van der Waals surface area contributed by atoms with E-state index in [-0.39, 0.29) is 0 Å². The highest BCUT2D eigenvalue weighted by Crippen LogP contribution is 2.44.